The number of amides is 1. The molecule has 0 heterocycles. The van der Waals surface area contributed by atoms with Crippen molar-refractivity contribution in [3.05, 3.63) is 64.7 Å². The summed E-state index contributed by atoms with van der Waals surface area (Å²) in [6, 6.07) is 13.7. The molecule has 0 saturated heterocycles. The van der Waals surface area contributed by atoms with Crippen molar-refractivity contribution in [1.29, 1.82) is 0 Å². The second-order valence-electron chi connectivity index (χ2n) is 5.79. The lowest BCUT2D eigenvalue weighted by Gasteiger charge is -2.07. The maximum Gasteiger partial charge on any atom is 0.244 e. The maximum absolute atomic E-state index is 12.0. The van der Waals surface area contributed by atoms with E-state index in [0.717, 1.165) is 28.9 Å². The molecule has 2 rings (SSSR count). The number of hydrogen-bond donors (Lipinski definition) is 1. The first-order valence-electron chi connectivity index (χ1n) is 8.20. The Morgan fingerprint density at radius 3 is 2.75 bits per heavy atom. The van der Waals surface area contributed by atoms with Crippen LogP contribution in [0.3, 0.4) is 0 Å². The monoisotopic (exact) mass is 324 g/mol. The van der Waals surface area contributed by atoms with E-state index in [9.17, 15) is 4.79 Å². The number of ether oxygens (including phenoxy) is 1. The van der Waals surface area contributed by atoms with Crippen LogP contribution in [-0.4, -0.2) is 18.7 Å². The second-order valence-corrected chi connectivity index (χ2v) is 5.79. The molecule has 126 valence electrons. The smallest absolute Gasteiger partial charge is 0.244 e. The zero-order valence-electron chi connectivity index (χ0n) is 14.5. The van der Waals surface area contributed by atoms with Crippen LogP contribution >= 0.6 is 0 Å². The van der Waals surface area contributed by atoms with E-state index in [-0.39, 0.29) is 5.91 Å². The molecule has 4 heteroatoms. The van der Waals surface area contributed by atoms with E-state index >= 15 is 0 Å². The van der Waals surface area contributed by atoms with E-state index < -0.39 is 0 Å². The summed E-state index contributed by atoms with van der Waals surface area (Å²) in [5.74, 6) is 0.636. The Morgan fingerprint density at radius 1 is 1.21 bits per heavy atom. The molecule has 0 atom stereocenters. The van der Waals surface area contributed by atoms with Crippen molar-refractivity contribution in [3.63, 3.8) is 0 Å². The molecule has 24 heavy (non-hydrogen) atoms. The van der Waals surface area contributed by atoms with Crippen molar-refractivity contribution < 1.29 is 9.53 Å². The lowest BCUT2D eigenvalue weighted by Crippen LogP contribution is -2.20. The van der Waals surface area contributed by atoms with Gasteiger partial charge < -0.3 is 4.74 Å². The Kier molecular flexibility index (Phi) is 6.55. The minimum absolute atomic E-state index is 0.134. The van der Waals surface area contributed by atoms with Crippen LogP contribution < -0.4 is 10.2 Å². The zero-order valence-corrected chi connectivity index (χ0v) is 14.5. The first-order valence-corrected chi connectivity index (χ1v) is 8.20. The summed E-state index contributed by atoms with van der Waals surface area (Å²) in [4.78, 5) is 12.0. The molecule has 1 amide bonds. The van der Waals surface area contributed by atoms with E-state index in [0.29, 0.717) is 13.0 Å². The third-order valence-electron chi connectivity index (χ3n) is 3.62. The predicted octanol–water partition coefficient (Wildman–Crippen LogP) is 3.79. The molecular weight excluding hydrogens is 300 g/mol. The van der Waals surface area contributed by atoms with Crippen molar-refractivity contribution in [2.24, 2.45) is 5.10 Å². The Balaban J connectivity index is 1.95. The summed E-state index contributed by atoms with van der Waals surface area (Å²) in [6.45, 7) is 6.77. The summed E-state index contributed by atoms with van der Waals surface area (Å²) in [5.41, 5.74) is 6.75. The number of hydrogen-bond acceptors (Lipinski definition) is 3. The van der Waals surface area contributed by atoms with E-state index in [1.807, 2.05) is 50.2 Å². The van der Waals surface area contributed by atoms with Gasteiger partial charge >= 0.3 is 0 Å². The van der Waals surface area contributed by atoms with Crippen molar-refractivity contribution in [3.8, 4) is 5.75 Å². The quantitative estimate of drug-likeness (QED) is 0.622. The number of nitrogens with zero attached hydrogens (tertiary/aromatic N) is 1. The van der Waals surface area contributed by atoms with E-state index in [1.54, 1.807) is 6.21 Å². The fourth-order valence-electron chi connectivity index (χ4n) is 2.36. The van der Waals surface area contributed by atoms with Crippen LogP contribution in [0, 0.1) is 13.8 Å². The second kappa shape index (κ2) is 8.87. The number of aryl methyl sites for hydroxylation is 2. The van der Waals surface area contributed by atoms with E-state index in [2.05, 4.69) is 23.5 Å². The highest BCUT2D eigenvalue weighted by molar-refractivity contribution is 5.85. The molecule has 2 aromatic carbocycles. The molecule has 1 N–H and O–H groups in total. The molecule has 2 aromatic rings. The van der Waals surface area contributed by atoms with Crippen molar-refractivity contribution in [2.45, 2.75) is 33.6 Å². The van der Waals surface area contributed by atoms with Crippen LogP contribution in [-0.2, 0) is 11.2 Å². The molecular formula is C20H24N2O2. The molecule has 0 aliphatic rings. The highest BCUT2D eigenvalue weighted by atomic mass is 16.5. The third kappa shape index (κ3) is 5.23. The van der Waals surface area contributed by atoms with Crippen molar-refractivity contribution in [1.82, 2.24) is 5.43 Å². The van der Waals surface area contributed by atoms with Crippen LogP contribution in [0.5, 0.6) is 5.75 Å². The molecule has 4 nitrogen and oxygen atoms in total. The van der Waals surface area contributed by atoms with Crippen molar-refractivity contribution >= 4 is 12.1 Å². The standard InChI is InChI=1S/C20H24N2O2/c1-4-11-24-19-8-6-5-7-18(19)14-21-22-20(23)13-17-10-9-15(2)12-16(17)3/h5-10,12,14H,4,11,13H2,1-3H3,(H,22,23)/b21-14+. The molecule has 0 saturated carbocycles. The summed E-state index contributed by atoms with van der Waals surface area (Å²) >= 11 is 0. The first-order chi connectivity index (χ1) is 11.6. The lowest BCUT2D eigenvalue weighted by atomic mass is 10.0. The van der Waals surface area contributed by atoms with Gasteiger partial charge in [0.2, 0.25) is 5.91 Å². The number of benzene rings is 2. The van der Waals surface area contributed by atoms with Crippen LogP contribution in [0.15, 0.2) is 47.6 Å². The van der Waals surface area contributed by atoms with Gasteiger partial charge in [-0.15, -0.1) is 0 Å². The fraction of sp³-hybridized carbons (Fsp3) is 0.300. The first kappa shape index (κ1) is 17.7. The minimum Gasteiger partial charge on any atom is -0.493 e. The number of nitrogens with one attached hydrogen (secondary N) is 1. The highest BCUT2D eigenvalue weighted by Crippen LogP contribution is 2.16. The average Bonchev–Trinajstić information content (AvgIpc) is 2.56. The van der Waals surface area contributed by atoms with Gasteiger partial charge in [-0.1, -0.05) is 42.8 Å². The molecule has 0 spiro atoms. The molecule has 0 aliphatic carbocycles. The highest BCUT2D eigenvalue weighted by Gasteiger charge is 2.05. The summed E-state index contributed by atoms with van der Waals surface area (Å²) < 4.78 is 5.66. The summed E-state index contributed by atoms with van der Waals surface area (Å²) in [6.07, 6.45) is 2.88. The number of carbonyl (C=O) groups excluding carboxylic acids is 1. The van der Waals surface area contributed by atoms with Crippen molar-refractivity contribution in [2.75, 3.05) is 6.61 Å². The van der Waals surface area contributed by atoms with Gasteiger partial charge in [-0.2, -0.15) is 5.10 Å². The number of rotatable bonds is 7. The molecule has 0 bridgehead atoms. The zero-order chi connectivity index (χ0) is 17.4. The fourth-order valence-corrected chi connectivity index (χ4v) is 2.36. The molecule has 0 aliphatic heterocycles. The van der Waals surface area contributed by atoms with Crippen LogP contribution in [0.25, 0.3) is 0 Å². The molecule has 0 fully saturated rings. The lowest BCUT2D eigenvalue weighted by molar-refractivity contribution is -0.120. The number of hydrazone groups is 1. The van der Waals surface area contributed by atoms with Gasteiger partial charge in [-0.3, -0.25) is 4.79 Å². The largest absolute Gasteiger partial charge is 0.493 e. The van der Waals surface area contributed by atoms with Crippen LogP contribution in [0.2, 0.25) is 0 Å². The summed E-state index contributed by atoms with van der Waals surface area (Å²) in [5, 5.41) is 4.05. The third-order valence-corrected chi connectivity index (χ3v) is 3.62. The number of para-hydroxylation sites is 1. The van der Waals surface area contributed by atoms with Gasteiger partial charge in [0, 0.05) is 5.56 Å². The van der Waals surface area contributed by atoms with Crippen LogP contribution in [0.4, 0.5) is 0 Å². The molecule has 0 radical (unpaired) electrons. The van der Waals surface area contributed by atoms with Gasteiger partial charge in [0.05, 0.1) is 19.2 Å². The number of carbonyl (C=O) groups is 1. The predicted molar refractivity (Wildman–Crippen MR) is 97.6 cm³/mol. The van der Waals surface area contributed by atoms with Crippen LogP contribution in [0.1, 0.15) is 35.6 Å². The van der Waals surface area contributed by atoms with Gasteiger partial charge in [0.25, 0.3) is 0 Å². The topological polar surface area (TPSA) is 50.7 Å². The average molecular weight is 324 g/mol. The van der Waals surface area contributed by atoms with E-state index in [1.165, 1.54) is 5.56 Å². The van der Waals surface area contributed by atoms with E-state index in [4.69, 9.17) is 4.74 Å². The van der Waals surface area contributed by atoms with Gasteiger partial charge in [-0.05, 0) is 43.5 Å². The van der Waals surface area contributed by atoms with Gasteiger partial charge in [0.15, 0.2) is 0 Å². The summed E-state index contributed by atoms with van der Waals surface area (Å²) in [7, 11) is 0. The Bertz CT molecular complexity index is 723. The SMILES string of the molecule is CCCOc1ccccc1/C=N/NC(=O)Cc1ccc(C)cc1C. The minimum atomic E-state index is -0.134. The molecule has 0 aromatic heterocycles. The Hall–Kier alpha value is -2.62. The van der Waals surface area contributed by atoms with Gasteiger partial charge in [-0.25, -0.2) is 5.43 Å². The Labute approximate surface area is 143 Å². The molecule has 0 unspecified atom stereocenters. The maximum atomic E-state index is 12.0. The van der Waals surface area contributed by atoms with Gasteiger partial charge in [0.1, 0.15) is 5.75 Å². The Morgan fingerprint density at radius 2 is 2.00 bits per heavy atom. The normalized spacial score (nSPS) is 10.8.